The van der Waals surface area contributed by atoms with Crippen molar-refractivity contribution in [1.29, 1.82) is 0 Å². The molecule has 0 amide bonds. The second-order valence-electron chi connectivity index (χ2n) is 1.44. The van der Waals surface area contributed by atoms with Crippen LogP contribution in [0.5, 0.6) is 0 Å². The van der Waals surface area contributed by atoms with E-state index in [-0.39, 0.29) is 21.1 Å². The molecular weight excluding hydrogens is 182 g/mol. The van der Waals surface area contributed by atoms with Crippen LogP contribution in [0.4, 0.5) is 0 Å². The summed E-state index contributed by atoms with van der Waals surface area (Å²) in [5.41, 5.74) is 1.52. The van der Waals surface area contributed by atoms with Gasteiger partial charge in [0.05, 0.1) is 0 Å². The molecule has 0 saturated heterocycles. The first-order valence-electron chi connectivity index (χ1n) is 2.06. The van der Waals surface area contributed by atoms with Crippen molar-refractivity contribution in [3.05, 3.63) is 11.6 Å². The van der Waals surface area contributed by atoms with Gasteiger partial charge in [-0.1, -0.05) is 0 Å². The molecule has 0 unspecified atom stereocenters. The van der Waals surface area contributed by atoms with Crippen molar-refractivity contribution >= 4 is 25.1 Å². The number of allylic oxidation sites excluding steroid dienone is 2. The van der Waals surface area contributed by atoms with Crippen LogP contribution in [0.15, 0.2) is 11.6 Å². The quantitative estimate of drug-likeness (QED) is 0.496. The Morgan fingerprint density at radius 1 is 1.83 bits per heavy atom. The maximum absolute atomic E-state index is 2.41. The van der Waals surface area contributed by atoms with E-state index in [0.29, 0.717) is 0 Å². The number of rotatable bonds is 0. The molecule has 0 aromatic carbocycles. The predicted molar refractivity (Wildman–Crippen MR) is 30.4 cm³/mol. The SMILES string of the molecule is CC1=C[CH2][Sb]=[CH]1. The molecule has 32 valence electrons. The van der Waals surface area contributed by atoms with E-state index in [2.05, 4.69) is 17.0 Å². The molecule has 0 aliphatic carbocycles. The Kier molecular flexibility index (Phi) is 1.47. The molecule has 1 rings (SSSR count). The third-order valence-corrected chi connectivity index (χ3v) is 3.62. The maximum atomic E-state index is 2.41. The molecule has 0 aromatic rings. The summed E-state index contributed by atoms with van der Waals surface area (Å²) in [5.74, 6) is 0. The zero-order chi connectivity index (χ0) is 4.41. The van der Waals surface area contributed by atoms with E-state index >= 15 is 0 Å². The van der Waals surface area contributed by atoms with E-state index in [0.717, 1.165) is 0 Å². The molecule has 0 nitrogen and oxygen atoms in total. The molecular formula is C5H7Sb. The van der Waals surface area contributed by atoms with Crippen LogP contribution < -0.4 is 0 Å². The van der Waals surface area contributed by atoms with Gasteiger partial charge in [0.15, 0.2) is 0 Å². The molecule has 0 atom stereocenters. The molecule has 1 heteroatoms. The van der Waals surface area contributed by atoms with Crippen LogP contribution in [-0.4, -0.2) is 25.1 Å². The third-order valence-electron chi connectivity index (χ3n) is 0.814. The van der Waals surface area contributed by atoms with Crippen molar-refractivity contribution in [3.8, 4) is 0 Å². The van der Waals surface area contributed by atoms with Gasteiger partial charge in [-0.3, -0.25) is 0 Å². The van der Waals surface area contributed by atoms with Crippen molar-refractivity contribution < 1.29 is 0 Å². The molecule has 0 aromatic heterocycles. The Morgan fingerprint density at radius 2 is 2.67 bits per heavy atom. The van der Waals surface area contributed by atoms with Crippen LogP contribution in [0.3, 0.4) is 0 Å². The van der Waals surface area contributed by atoms with E-state index in [1.807, 2.05) is 0 Å². The minimum absolute atomic E-state index is 0.199. The first-order valence-corrected chi connectivity index (χ1v) is 5.34. The Bertz CT molecular complexity index is 97.8. The number of hydrogen-bond donors (Lipinski definition) is 0. The molecule has 0 spiro atoms. The summed E-state index contributed by atoms with van der Waals surface area (Å²) in [5, 5.41) is 0. The Hall–Kier alpha value is 0.428. The topological polar surface area (TPSA) is 0 Å². The van der Waals surface area contributed by atoms with Crippen LogP contribution in [-0.2, 0) is 0 Å². The van der Waals surface area contributed by atoms with Crippen LogP contribution >= 0.6 is 0 Å². The van der Waals surface area contributed by atoms with Crippen LogP contribution in [0, 0.1) is 0 Å². The standard InChI is InChI=1S/C5H7.Sb/c1-4-5(2)3;/h2,4H,1H2,3H3;. The van der Waals surface area contributed by atoms with Gasteiger partial charge in [-0.2, -0.15) is 0 Å². The fourth-order valence-corrected chi connectivity index (χ4v) is 2.99. The van der Waals surface area contributed by atoms with Crippen molar-refractivity contribution in [1.82, 2.24) is 0 Å². The van der Waals surface area contributed by atoms with Gasteiger partial charge in [-0.15, -0.1) is 0 Å². The summed E-state index contributed by atoms with van der Waals surface area (Å²) in [4.78, 5) is 0. The molecule has 0 bridgehead atoms. The normalized spacial score (nSPS) is 18.5. The van der Waals surface area contributed by atoms with E-state index in [4.69, 9.17) is 0 Å². The third kappa shape index (κ3) is 0.943. The minimum atomic E-state index is 0.199. The summed E-state index contributed by atoms with van der Waals surface area (Å²) in [6.45, 7) is 2.18. The Morgan fingerprint density at radius 3 is 2.83 bits per heavy atom. The molecule has 6 heavy (non-hydrogen) atoms. The molecule has 0 N–H and O–H groups in total. The Labute approximate surface area is 48.3 Å². The van der Waals surface area contributed by atoms with E-state index in [1.165, 1.54) is 9.94 Å². The van der Waals surface area contributed by atoms with Crippen molar-refractivity contribution in [2.24, 2.45) is 0 Å². The van der Waals surface area contributed by atoms with Gasteiger partial charge in [0.25, 0.3) is 0 Å². The van der Waals surface area contributed by atoms with Crippen molar-refractivity contribution in [2.75, 3.05) is 0 Å². The summed E-state index contributed by atoms with van der Waals surface area (Å²) in [6.07, 6.45) is 2.33. The zero-order valence-electron chi connectivity index (χ0n) is 3.81. The van der Waals surface area contributed by atoms with Gasteiger partial charge in [-0.25, -0.2) is 0 Å². The molecule has 1 aliphatic rings. The van der Waals surface area contributed by atoms with Gasteiger partial charge in [0, 0.05) is 0 Å². The first kappa shape index (κ1) is 4.58. The van der Waals surface area contributed by atoms with E-state index in [1.54, 1.807) is 0 Å². The monoisotopic (exact) mass is 188 g/mol. The average Bonchev–Trinajstić information content (AvgIpc) is 1.86. The summed E-state index contributed by atoms with van der Waals surface area (Å²) < 4.78 is 3.83. The average molecular weight is 189 g/mol. The fraction of sp³-hybridized carbons (Fsp3) is 0.400. The predicted octanol–water partition coefficient (Wildman–Crippen LogP) is 0.871. The van der Waals surface area contributed by atoms with Crippen LogP contribution in [0.25, 0.3) is 0 Å². The molecule has 1 aliphatic heterocycles. The van der Waals surface area contributed by atoms with E-state index < -0.39 is 0 Å². The fourth-order valence-electron chi connectivity index (χ4n) is 0.446. The zero-order valence-corrected chi connectivity index (χ0v) is 6.36. The van der Waals surface area contributed by atoms with Crippen LogP contribution in [0.2, 0.25) is 4.37 Å². The van der Waals surface area contributed by atoms with Gasteiger partial charge in [0.2, 0.25) is 0 Å². The van der Waals surface area contributed by atoms with Crippen molar-refractivity contribution in [3.63, 3.8) is 0 Å². The van der Waals surface area contributed by atoms with Gasteiger partial charge >= 0.3 is 48.0 Å². The van der Waals surface area contributed by atoms with Gasteiger partial charge in [-0.05, 0) is 0 Å². The molecule has 0 radical (unpaired) electrons. The second kappa shape index (κ2) is 1.93. The van der Waals surface area contributed by atoms with Crippen molar-refractivity contribution in [2.45, 2.75) is 11.3 Å². The van der Waals surface area contributed by atoms with E-state index in [9.17, 15) is 0 Å². The van der Waals surface area contributed by atoms with Gasteiger partial charge < -0.3 is 0 Å². The first-order chi connectivity index (χ1) is 2.89. The summed E-state index contributed by atoms with van der Waals surface area (Å²) in [7, 11) is 0. The summed E-state index contributed by atoms with van der Waals surface area (Å²) >= 11 is 0.199. The van der Waals surface area contributed by atoms with Gasteiger partial charge in [0.1, 0.15) is 0 Å². The molecule has 0 fully saturated rings. The van der Waals surface area contributed by atoms with Crippen LogP contribution in [0.1, 0.15) is 6.92 Å². The number of hydrogen-bond acceptors (Lipinski definition) is 0. The summed E-state index contributed by atoms with van der Waals surface area (Å²) in [6, 6.07) is 0. The molecule has 0 saturated carbocycles. The molecule has 1 heterocycles. The Balaban J connectivity index is 2.68. The second-order valence-corrected chi connectivity index (χ2v) is 4.26.